The van der Waals surface area contributed by atoms with Gasteiger partial charge in [-0.05, 0) is 38.1 Å². The average Bonchev–Trinajstić information content (AvgIpc) is 3.25. The maximum Gasteiger partial charge on any atom is 0.321 e. The summed E-state index contributed by atoms with van der Waals surface area (Å²) in [5.41, 5.74) is 3.00. The number of rotatable bonds is 6. The highest BCUT2D eigenvalue weighted by Crippen LogP contribution is 2.30. The van der Waals surface area contributed by atoms with Crippen molar-refractivity contribution in [1.29, 1.82) is 0 Å². The van der Waals surface area contributed by atoms with Gasteiger partial charge in [0, 0.05) is 5.56 Å². The van der Waals surface area contributed by atoms with Gasteiger partial charge in [0.25, 0.3) is 5.22 Å². The van der Waals surface area contributed by atoms with Crippen molar-refractivity contribution >= 4 is 23.7 Å². The van der Waals surface area contributed by atoms with Crippen molar-refractivity contribution < 1.29 is 23.5 Å². The molecular weight excluding hydrogens is 432 g/mol. The van der Waals surface area contributed by atoms with Crippen LogP contribution in [0.3, 0.4) is 0 Å². The zero-order valence-corrected chi connectivity index (χ0v) is 18.4. The van der Waals surface area contributed by atoms with Gasteiger partial charge in [0.05, 0.1) is 12.3 Å². The topological polar surface area (TPSA) is 116 Å². The monoisotopic (exact) mass is 454 g/mol. The van der Waals surface area contributed by atoms with E-state index in [1.165, 1.54) is 0 Å². The van der Waals surface area contributed by atoms with Crippen LogP contribution in [0.15, 0.2) is 52.1 Å². The molecule has 0 aliphatic carbocycles. The Morgan fingerprint density at radius 3 is 2.62 bits per heavy atom. The molecule has 3 amide bonds. The van der Waals surface area contributed by atoms with E-state index in [0.717, 1.165) is 28.5 Å². The molecule has 0 bridgehead atoms. The van der Waals surface area contributed by atoms with Crippen LogP contribution in [0, 0.1) is 13.8 Å². The molecule has 10 heteroatoms. The Balaban J connectivity index is 1.21. The van der Waals surface area contributed by atoms with E-state index in [2.05, 4.69) is 26.9 Å². The fourth-order valence-corrected chi connectivity index (χ4v) is 3.75. The highest BCUT2D eigenvalue weighted by Gasteiger charge is 2.21. The van der Waals surface area contributed by atoms with Crippen LogP contribution in [-0.2, 0) is 4.79 Å². The van der Waals surface area contributed by atoms with E-state index in [1.807, 2.05) is 44.2 Å². The van der Waals surface area contributed by atoms with Gasteiger partial charge in [-0.1, -0.05) is 41.1 Å². The molecular formula is C22H22N4O5S. The number of fused-ring (bicyclic) bond motifs is 1. The molecule has 0 fully saturated rings. The number of amides is 3. The maximum atomic E-state index is 12.1. The Bertz CT molecular complexity index is 1110. The molecule has 166 valence electrons. The largest absolute Gasteiger partial charge is 0.486 e. The molecule has 0 radical (unpaired) electrons. The lowest BCUT2D eigenvalue weighted by Crippen LogP contribution is -2.46. The number of aromatic nitrogens is 2. The minimum absolute atomic E-state index is 0.0433. The van der Waals surface area contributed by atoms with Crippen molar-refractivity contribution in [2.24, 2.45) is 0 Å². The van der Waals surface area contributed by atoms with Crippen LogP contribution in [0.4, 0.5) is 4.79 Å². The van der Waals surface area contributed by atoms with Gasteiger partial charge in [-0.15, -0.1) is 10.2 Å². The predicted octanol–water partition coefficient (Wildman–Crippen LogP) is 3.11. The van der Waals surface area contributed by atoms with Gasteiger partial charge < -0.3 is 19.2 Å². The lowest BCUT2D eigenvalue weighted by atomic mass is 10.1. The number of aryl methyl sites for hydroxylation is 2. The summed E-state index contributed by atoms with van der Waals surface area (Å²) in [6, 6.07) is 12.7. The van der Waals surface area contributed by atoms with Gasteiger partial charge >= 0.3 is 6.03 Å². The Labute approximate surface area is 188 Å². The summed E-state index contributed by atoms with van der Waals surface area (Å²) >= 11 is 1.06. The highest BCUT2D eigenvalue weighted by atomic mass is 32.2. The van der Waals surface area contributed by atoms with Crippen LogP contribution in [0.5, 0.6) is 11.5 Å². The second-order valence-electron chi connectivity index (χ2n) is 7.29. The number of ether oxygens (including phenoxy) is 2. The number of carbonyl (C=O) groups excluding carboxylic acids is 2. The number of carbonyl (C=O) groups is 2. The second kappa shape index (κ2) is 9.73. The smallest absolute Gasteiger partial charge is 0.321 e. The molecule has 3 aromatic rings. The van der Waals surface area contributed by atoms with Crippen molar-refractivity contribution in [2.45, 2.75) is 25.2 Å². The zero-order valence-electron chi connectivity index (χ0n) is 17.6. The Morgan fingerprint density at radius 1 is 1.09 bits per heavy atom. The van der Waals surface area contributed by atoms with Crippen LogP contribution in [0.25, 0.3) is 11.5 Å². The third-order valence-electron chi connectivity index (χ3n) is 4.51. The predicted molar refractivity (Wildman–Crippen MR) is 118 cm³/mol. The van der Waals surface area contributed by atoms with Gasteiger partial charge in [0.15, 0.2) is 17.6 Å². The van der Waals surface area contributed by atoms with Crippen LogP contribution in [0.1, 0.15) is 11.1 Å². The second-order valence-corrected chi connectivity index (χ2v) is 8.22. The molecule has 1 aliphatic heterocycles. The van der Waals surface area contributed by atoms with Crippen LogP contribution in [0.2, 0.25) is 0 Å². The van der Waals surface area contributed by atoms with Crippen LogP contribution < -0.4 is 20.1 Å². The molecule has 9 nitrogen and oxygen atoms in total. The van der Waals surface area contributed by atoms with Crippen molar-refractivity contribution in [3.63, 3.8) is 0 Å². The molecule has 32 heavy (non-hydrogen) atoms. The SMILES string of the molecule is Cc1cc(C)cc(-c2nnc(SCC(=O)NC(=O)NC[C@@H]3COc4ccccc4O3)o2)c1. The van der Waals surface area contributed by atoms with Crippen molar-refractivity contribution in [2.75, 3.05) is 18.9 Å². The Hall–Kier alpha value is -3.53. The lowest BCUT2D eigenvalue weighted by molar-refractivity contribution is -0.117. The first kappa shape index (κ1) is 21.7. The molecule has 0 unspecified atom stereocenters. The fourth-order valence-electron chi connectivity index (χ4n) is 3.19. The first-order chi connectivity index (χ1) is 15.5. The minimum atomic E-state index is -0.612. The molecule has 1 aliphatic rings. The summed E-state index contributed by atoms with van der Waals surface area (Å²) in [5, 5.41) is 13.1. The number of nitrogens with zero attached hydrogens (tertiary/aromatic N) is 2. The van der Waals surface area contributed by atoms with Gasteiger partial charge in [-0.3, -0.25) is 10.1 Å². The first-order valence-electron chi connectivity index (χ1n) is 9.97. The van der Waals surface area contributed by atoms with E-state index in [0.29, 0.717) is 24.0 Å². The van der Waals surface area contributed by atoms with Crippen molar-refractivity contribution in [3.05, 3.63) is 53.6 Å². The number of hydrogen-bond donors (Lipinski definition) is 2. The van der Waals surface area contributed by atoms with E-state index in [-0.39, 0.29) is 23.6 Å². The molecule has 0 spiro atoms. The van der Waals surface area contributed by atoms with Gasteiger partial charge in [0.2, 0.25) is 11.8 Å². The number of para-hydroxylation sites is 2. The normalized spacial score (nSPS) is 14.6. The number of hydrogen-bond acceptors (Lipinski definition) is 8. The Kier molecular flexibility index (Phi) is 6.60. The van der Waals surface area contributed by atoms with Gasteiger partial charge in [-0.2, -0.15) is 0 Å². The third kappa shape index (κ3) is 5.58. The molecule has 1 atom stereocenters. The van der Waals surface area contributed by atoms with E-state index in [1.54, 1.807) is 6.07 Å². The fraction of sp³-hybridized carbons (Fsp3) is 0.273. The van der Waals surface area contributed by atoms with Crippen molar-refractivity contribution in [3.8, 4) is 23.0 Å². The first-order valence-corrected chi connectivity index (χ1v) is 11.0. The summed E-state index contributed by atoms with van der Waals surface area (Å²) in [5.74, 6) is 1.15. The standard InChI is InChI=1S/C22H22N4O5S/c1-13-7-14(2)9-15(8-13)20-25-26-22(31-20)32-12-19(27)24-21(28)23-10-16-11-29-17-5-3-4-6-18(17)30-16/h3-9,16H,10-12H2,1-2H3,(H2,23,24,27,28)/t16-/m1/s1. The van der Waals surface area contributed by atoms with Gasteiger partial charge in [-0.25, -0.2) is 4.79 Å². The van der Waals surface area contributed by atoms with Gasteiger partial charge in [0.1, 0.15) is 6.61 Å². The summed E-state index contributed by atoms with van der Waals surface area (Å²) < 4.78 is 17.0. The van der Waals surface area contributed by atoms with Crippen LogP contribution in [-0.4, -0.2) is 47.1 Å². The summed E-state index contributed by atoms with van der Waals surface area (Å²) in [7, 11) is 0. The minimum Gasteiger partial charge on any atom is -0.486 e. The van der Waals surface area contributed by atoms with E-state index in [9.17, 15) is 9.59 Å². The summed E-state index contributed by atoms with van der Waals surface area (Å²) in [4.78, 5) is 24.1. The average molecular weight is 455 g/mol. The highest BCUT2D eigenvalue weighted by molar-refractivity contribution is 7.99. The number of thioether (sulfide) groups is 1. The zero-order chi connectivity index (χ0) is 22.5. The number of benzene rings is 2. The number of imide groups is 1. The molecule has 2 N–H and O–H groups in total. The number of nitrogens with one attached hydrogen (secondary N) is 2. The molecule has 2 heterocycles. The van der Waals surface area contributed by atoms with E-state index in [4.69, 9.17) is 13.9 Å². The quantitative estimate of drug-likeness (QED) is 0.546. The van der Waals surface area contributed by atoms with Crippen molar-refractivity contribution in [1.82, 2.24) is 20.8 Å². The molecule has 4 rings (SSSR count). The Morgan fingerprint density at radius 2 is 1.84 bits per heavy atom. The third-order valence-corrected chi connectivity index (χ3v) is 5.33. The number of urea groups is 1. The van der Waals surface area contributed by atoms with Crippen LogP contribution >= 0.6 is 11.8 Å². The summed E-state index contributed by atoms with van der Waals surface area (Å²) in [6.07, 6.45) is -0.345. The summed E-state index contributed by atoms with van der Waals surface area (Å²) in [6.45, 7) is 4.49. The lowest BCUT2D eigenvalue weighted by Gasteiger charge is -2.26. The molecule has 1 aromatic heterocycles. The van der Waals surface area contributed by atoms with E-state index < -0.39 is 11.9 Å². The molecule has 0 saturated heterocycles. The maximum absolute atomic E-state index is 12.1. The van der Waals surface area contributed by atoms with E-state index >= 15 is 0 Å². The molecule has 2 aromatic carbocycles. The molecule has 0 saturated carbocycles.